The molecule has 0 bridgehead atoms. The first-order valence-electron chi connectivity index (χ1n) is 10.2. The second-order valence-corrected chi connectivity index (χ2v) is 7.33. The first kappa shape index (κ1) is 20.4. The van der Waals surface area contributed by atoms with E-state index < -0.39 is 12.0 Å². The van der Waals surface area contributed by atoms with Crippen LogP contribution < -0.4 is 5.32 Å². The Morgan fingerprint density at radius 3 is 2.16 bits per heavy atom. The molecule has 4 aromatic carbocycles. The Bertz CT molecular complexity index is 1190. The third-order valence-electron chi connectivity index (χ3n) is 5.35. The van der Waals surface area contributed by atoms with Crippen molar-refractivity contribution in [1.29, 1.82) is 0 Å². The van der Waals surface area contributed by atoms with Crippen molar-refractivity contribution in [3.63, 3.8) is 0 Å². The molecule has 31 heavy (non-hydrogen) atoms. The number of carbonyl (C=O) groups is 2. The van der Waals surface area contributed by atoms with Crippen LogP contribution in [0.4, 0.5) is 0 Å². The molecule has 0 heterocycles. The van der Waals surface area contributed by atoms with Crippen LogP contribution in [-0.2, 0) is 16.0 Å². The van der Waals surface area contributed by atoms with E-state index in [1.165, 1.54) is 7.11 Å². The highest BCUT2D eigenvalue weighted by atomic mass is 16.5. The fourth-order valence-electron chi connectivity index (χ4n) is 3.71. The molecule has 0 radical (unpaired) electrons. The molecule has 0 aliphatic rings. The number of carbonyl (C=O) groups excluding carboxylic acids is 2. The van der Waals surface area contributed by atoms with E-state index in [2.05, 4.69) is 5.32 Å². The standard InChI is InChI=1S/C27H23NO3/c1-31-27(30)25(18-23-12-7-11-21-10-5-6-13-24(21)23)28-26(29)22-16-14-20(15-17-22)19-8-3-2-4-9-19/h2-17,25H,18H2,1H3,(H,28,29)/t25-/m1/s1. The van der Waals surface area contributed by atoms with Gasteiger partial charge in [0, 0.05) is 12.0 Å². The van der Waals surface area contributed by atoms with Gasteiger partial charge in [0.05, 0.1) is 7.11 Å². The predicted octanol–water partition coefficient (Wildman–Crippen LogP) is 5.02. The molecule has 0 unspecified atom stereocenters. The zero-order valence-electron chi connectivity index (χ0n) is 17.2. The molecular weight excluding hydrogens is 386 g/mol. The number of esters is 1. The molecule has 4 nitrogen and oxygen atoms in total. The maximum atomic E-state index is 12.9. The Kier molecular flexibility index (Phi) is 6.08. The predicted molar refractivity (Wildman–Crippen MR) is 123 cm³/mol. The molecule has 154 valence electrons. The van der Waals surface area contributed by atoms with E-state index in [0.717, 1.165) is 27.5 Å². The number of rotatable bonds is 6. The number of nitrogens with one attached hydrogen (secondary N) is 1. The number of amides is 1. The van der Waals surface area contributed by atoms with E-state index in [1.54, 1.807) is 12.1 Å². The largest absolute Gasteiger partial charge is 0.467 e. The van der Waals surface area contributed by atoms with E-state index in [1.807, 2.05) is 84.9 Å². The smallest absolute Gasteiger partial charge is 0.328 e. The van der Waals surface area contributed by atoms with E-state index in [9.17, 15) is 9.59 Å². The molecule has 4 aromatic rings. The Morgan fingerprint density at radius 2 is 1.42 bits per heavy atom. The Balaban J connectivity index is 1.54. The second kappa shape index (κ2) is 9.26. The third kappa shape index (κ3) is 4.64. The molecule has 0 aliphatic heterocycles. The average Bonchev–Trinajstić information content (AvgIpc) is 2.84. The van der Waals surface area contributed by atoms with Crippen LogP contribution in [-0.4, -0.2) is 25.0 Å². The van der Waals surface area contributed by atoms with Crippen LogP contribution in [0.2, 0.25) is 0 Å². The molecule has 0 saturated heterocycles. The summed E-state index contributed by atoms with van der Waals surface area (Å²) < 4.78 is 4.96. The minimum Gasteiger partial charge on any atom is -0.467 e. The van der Waals surface area contributed by atoms with Crippen molar-refractivity contribution in [3.8, 4) is 11.1 Å². The Hall–Kier alpha value is -3.92. The fraction of sp³-hybridized carbons (Fsp3) is 0.111. The highest BCUT2D eigenvalue weighted by molar-refractivity contribution is 5.97. The molecule has 0 aromatic heterocycles. The van der Waals surface area contributed by atoms with Crippen molar-refractivity contribution in [2.75, 3.05) is 7.11 Å². The van der Waals surface area contributed by atoms with Crippen LogP contribution in [0.1, 0.15) is 15.9 Å². The van der Waals surface area contributed by atoms with Crippen molar-refractivity contribution in [2.45, 2.75) is 12.5 Å². The van der Waals surface area contributed by atoms with Gasteiger partial charge in [-0.3, -0.25) is 4.79 Å². The highest BCUT2D eigenvalue weighted by Gasteiger charge is 2.23. The molecule has 4 rings (SSSR count). The maximum absolute atomic E-state index is 12.9. The summed E-state index contributed by atoms with van der Waals surface area (Å²) in [5, 5.41) is 4.99. The number of hydrogen-bond donors (Lipinski definition) is 1. The summed E-state index contributed by atoms with van der Waals surface area (Å²) in [5.74, 6) is -0.780. The number of ether oxygens (including phenoxy) is 1. The van der Waals surface area contributed by atoms with Gasteiger partial charge in [-0.2, -0.15) is 0 Å². The van der Waals surface area contributed by atoms with Gasteiger partial charge in [-0.1, -0.05) is 84.9 Å². The van der Waals surface area contributed by atoms with Gasteiger partial charge in [0.25, 0.3) is 5.91 Å². The molecule has 1 amide bonds. The van der Waals surface area contributed by atoms with Gasteiger partial charge in [-0.25, -0.2) is 4.79 Å². The van der Waals surface area contributed by atoms with Crippen LogP contribution >= 0.6 is 0 Å². The van der Waals surface area contributed by atoms with Crippen LogP contribution in [0, 0.1) is 0 Å². The summed E-state index contributed by atoms with van der Waals surface area (Å²) in [6, 6.07) is 30.5. The lowest BCUT2D eigenvalue weighted by atomic mass is 9.98. The van der Waals surface area contributed by atoms with Crippen molar-refractivity contribution < 1.29 is 14.3 Å². The van der Waals surface area contributed by atoms with Gasteiger partial charge in [-0.05, 0) is 39.6 Å². The number of benzene rings is 4. The van der Waals surface area contributed by atoms with Crippen molar-refractivity contribution in [2.24, 2.45) is 0 Å². The van der Waals surface area contributed by atoms with Crippen molar-refractivity contribution >= 4 is 22.6 Å². The monoisotopic (exact) mass is 409 g/mol. The minimum absolute atomic E-state index is 0.310. The molecule has 0 spiro atoms. The lowest BCUT2D eigenvalue weighted by Crippen LogP contribution is -2.43. The molecular formula is C27H23NO3. The number of methoxy groups -OCH3 is 1. The SMILES string of the molecule is COC(=O)[C@@H](Cc1cccc2ccccc12)NC(=O)c1ccc(-c2ccccc2)cc1. The summed E-state index contributed by atoms with van der Waals surface area (Å²) in [7, 11) is 1.33. The van der Waals surface area contributed by atoms with Crippen molar-refractivity contribution in [1.82, 2.24) is 5.32 Å². The van der Waals surface area contributed by atoms with Crippen LogP contribution in [0.3, 0.4) is 0 Å². The van der Waals surface area contributed by atoms with E-state index in [-0.39, 0.29) is 5.91 Å². The topological polar surface area (TPSA) is 55.4 Å². The first-order valence-corrected chi connectivity index (χ1v) is 10.2. The average molecular weight is 409 g/mol. The number of hydrogen-bond acceptors (Lipinski definition) is 3. The van der Waals surface area contributed by atoms with Crippen LogP contribution in [0.5, 0.6) is 0 Å². The minimum atomic E-state index is -0.780. The van der Waals surface area contributed by atoms with Gasteiger partial charge in [0.2, 0.25) is 0 Å². The molecule has 0 aliphatic carbocycles. The third-order valence-corrected chi connectivity index (χ3v) is 5.35. The molecule has 4 heteroatoms. The Morgan fingerprint density at radius 1 is 0.774 bits per heavy atom. The van der Waals surface area contributed by atoms with Gasteiger partial charge >= 0.3 is 5.97 Å². The maximum Gasteiger partial charge on any atom is 0.328 e. The molecule has 0 fully saturated rings. The molecule has 1 atom stereocenters. The highest BCUT2D eigenvalue weighted by Crippen LogP contribution is 2.21. The second-order valence-electron chi connectivity index (χ2n) is 7.33. The van der Waals surface area contributed by atoms with E-state index in [0.29, 0.717) is 12.0 Å². The molecule has 1 N–H and O–H groups in total. The summed E-state index contributed by atoms with van der Waals surface area (Å²) in [5.41, 5.74) is 3.58. The van der Waals surface area contributed by atoms with Gasteiger partial charge in [0.1, 0.15) is 6.04 Å². The zero-order chi connectivity index (χ0) is 21.6. The van der Waals surface area contributed by atoms with Crippen LogP contribution in [0.25, 0.3) is 21.9 Å². The molecule has 0 saturated carbocycles. The quantitative estimate of drug-likeness (QED) is 0.455. The first-order chi connectivity index (χ1) is 15.2. The zero-order valence-corrected chi connectivity index (χ0v) is 17.2. The van der Waals surface area contributed by atoms with Gasteiger partial charge in [-0.15, -0.1) is 0 Å². The normalized spacial score (nSPS) is 11.6. The fourth-order valence-corrected chi connectivity index (χ4v) is 3.71. The lowest BCUT2D eigenvalue weighted by Gasteiger charge is -2.18. The lowest BCUT2D eigenvalue weighted by molar-refractivity contribution is -0.142. The van der Waals surface area contributed by atoms with E-state index >= 15 is 0 Å². The summed E-state index contributed by atoms with van der Waals surface area (Å²) in [6.07, 6.45) is 0.349. The van der Waals surface area contributed by atoms with Crippen LogP contribution in [0.15, 0.2) is 97.1 Å². The van der Waals surface area contributed by atoms with Gasteiger partial charge < -0.3 is 10.1 Å². The van der Waals surface area contributed by atoms with Crippen molar-refractivity contribution in [3.05, 3.63) is 108 Å². The van der Waals surface area contributed by atoms with E-state index in [4.69, 9.17) is 4.74 Å². The Labute approximate surface area is 181 Å². The summed E-state index contributed by atoms with van der Waals surface area (Å²) >= 11 is 0. The van der Waals surface area contributed by atoms with Gasteiger partial charge in [0.15, 0.2) is 0 Å². The summed E-state index contributed by atoms with van der Waals surface area (Å²) in [4.78, 5) is 25.3. The summed E-state index contributed by atoms with van der Waals surface area (Å²) in [6.45, 7) is 0. The number of fused-ring (bicyclic) bond motifs is 1.